The van der Waals surface area contributed by atoms with Crippen molar-refractivity contribution >= 4 is 57.6 Å². The van der Waals surface area contributed by atoms with E-state index >= 15 is 0 Å². The molecule has 1 aliphatic rings. The molecule has 0 bridgehead atoms. The van der Waals surface area contributed by atoms with Gasteiger partial charge in [0.05, 0.1) is 44.1 Å². The number of anilines is 1. The zero-order valence-corrected chi connectivity index (χ0v) is 18.5. The average Bonchev–Trinajstić information content (AvgIpc) is 3.00. The molecule has 1 fully saturated rings. The first-order chi connectivity index (χ1) is 13.9. The zero-order valence-electron chi connectivity index (χ0n) is 16.1. The number of nitrogens with zero attached hydrogens (tertiary/aromatic N) is 1. The lowest BCUT2D eigenvalue weighted by molar-refractivity contribution is -0.113. The summed E-state index contributed by atoms with van der Waals surface area (Å²) in [6.07, 6.45) is 1.71. The van der Waals surface area contributed by atoms with Crippen molar-refractivity contribution < 1.29 is 23.7 Å². The number of carbonyl (C=O) groups excluding carboxylic acids is 1. The summed E-state index contributed by atoms with van der Waals surface area (Å²) in [5.74, 6) is 1.71. The minimum atomic E-state index is -0.252. The second kappa shape index (κ2) is 8.94. The molecule has 0 unspecified atom stereocenters. The third kappa shape index (κ3) is 4.01. The van der Waals surface area contributed by atoms with Crippen LogP contribution in [0.1, 0.15) is 5.56 Å². The van der Waals surface area contributed by atoms with Crippen molar-refractivity contribution in [2.24, 2.45) is 0 Å². The molecule has 1 aliphatic heterocycles. The fourth-order valence-electron chi connectivity index (χ4n) is 2.86. The van der Waals surface area contributed by atoms with Crippen molar-refractivity contribution in [2.75, 3.05) is 33.3 Å². The maximum Gasteiger partial charge on any atom is 0.270 e. The molecule has 1 saturated heterocycles. The standard InChI is InChI=1S/C20H18ClNO5S2/c1-24-14-8-6-12(10-13(14)21)22-19(23)16(29-20(22)28)9-11-5-7-15(25-2)18(27-4)17(11)26-3/h5-10H,1-4H3/b16-9-. The Morgan fingerprint density at radius 3 is 2.21 bits per heavy atom. The van der Waals surface area contributed by atoms with Crippen LogP contribution in [0.25, 0.3) is 6.08 Å². The van der Waals surface area contributed by atoms with Crippen molar-refractivity contribution in [1.82, 2.24) is 0 Å². The highest BCUT2D eigenvalue weighted by Gasteiger charge is 2.34. The Kier molecular flexibility index (Phi) is 6.56. The molecule has 9 heteroatoms. The number of hydrogen-bond donors (Lipinski definition) is 0. The van der Waals surface area contributed by atoms with Gasteiger partial charge in [-0.15, -0.1) is 0 Å². The summed E-state index contributed by atoms with van der Waals surface area (Å²) in [6.45, 7) is 0. The lowest BCUT2D eigenvalue weighted by Gasteiger charge is -2.16. The summed E-state index contributed by atoms with van der Waals surface area (Å²) in [5.41, 5.74) is 1.24. The first-order valence-corrected chi connectivity index (χ1v) is 9.95. The fourth-order valence-corrected chi connectivity index (χ4v) is 4.41. The van der Waals surface area contributed by atoms with Crippen LogP contribution < -0.4 is 23.8 Å². The van der Waals surface area contributed by atoms with Crippen LogP contribution >= 0.6 is 35.6 Å². The van der Waals surface area contributed by atoms with Crippen LogP contribution in [0.5, 0.6) is 23.0 Å². The first-order valence-electron chi connectivity index (χ1n) is 8.35. The Morgan fingerprint density at radius 1 is 0.966 bits per heavy atom. The Labute approximate surface area is 183 Å². The van der Waals surface area contributed by atoms with Gasteiger partial charge in [0.25, 0.3) is 5.91 Å². The summed E-state index contributed by atoms with van der Waals surface area (Å²) < 4.78 is 21.8. The molecular weight excluding hydrogens is 434 g/mol. The van der Waals surface area contributed by atoms with Gasteiger partial charge in [0.2, 0.25) is 5.75 Å². The Bertz CT molecular complexity index is 1010. The van der Waals surface area contributed by atoms with E-state index in [9.17, 15) is 4.79 Å². The predicted molar refractivity (Wildman–Crippen MR) is 120 cm³/mol. The number of halogens is 1. The van der Waals surface area contributed by atoms with Crippen molar-refractivity contribution in [1.29, 1.82) is 0 Å². The Balaban J connectivity index is 2.00. The maximum absolute atomic E-state index is 13.0. The minimum absolute atomic E-state index is 0.252. The van der Waals surface area contributed by atoms with E-state index in [1.54, 1.807) is 43.5 Å². The smallest absolute Gasteiger partial charge is 0.270 e. The van der Waals surface area contributed by atoms with Gasteiger partial charge in [-0.25, -0.2) is 0 Å². The molecule has 0 aliphatic carbocycles. The molecule has 29 heavy (non-hydrogen) atoms. The molecule has 2 aromatic rings. The number of thiocarbonyl (C=S) groups is 1. The molecule has 0 aromatic heterocycles. The van der Waals surface area contributed by atoms with Crippen LogP contribution in [-0.4, -0.2) is 38.7 Å². The molecule has 0 spiro atoms. The largest absolute Gasteiger partial charge is 0.495 e. The van der Waals surface area contributed by atoms with E-state index in [1.807, 2.05) is 0 Å². The maximum atomic E-state index is 13.0. The van der Waals surface area contributed by atoms with Crippen LogP contribution in [0.4, 0.5) is 5.69 Å². The van der Waals surface area contributed by atoms with Crippen LogP contribution in [0.2, 0.25) is 5.02 Å². The van der Waals surface area contributed by atoms with E-state index in [2.05, 4.69) is 0 Å². The van der Waals surface area contributed by atoms with Crippen LogP contribution in [0, 0.1) is 0 Å². The minimum Gasteiger partial charge on any atom is -0.495 e. The molecule has 3 rings (SSSR count). The number of rotatable bonds is 6. The van der Waals surface area contributed by atoms with E-state index in [0.717, 1.165) is 0 Å². The molecule has 0 saturated carbocycles. The molecule has 152 valence electrons. The van der Waals surface area contributed by atoms with Crippen molar-refractivity contribution in [3.8, 4) is 23.0 Å². The highest BCUT2D eigenvalue weighted by Crippen LogP contribution is 2.43. The molecule has 1 heterocycles. The molecule has 0 radical (unpaired) electrons. The Hall–Kier alpha value is -2.42. The van der Waals surface area contributed by atoms with E-state index in [4.69, 9.17) is 42.8 Å². The average molecular weight is 452 g/mol. The Morgan fingerprint density at radius 2 is 1.62 bits per heavy atom. The van der Waals surface area contributed by atoms with Gasteiger partial charge >= 0.3 is 0 Å². The zero-order chi connectivity index (χ0) is 21.1. The summed E-state index contributed by atoms with van der Waals surface area (Å²) in [6, 6.07) is 8.60. The first kappa shape index (κ1) is 21.3. The van der Waals surface area contributed by atoms with Crippen LogP contribution in [0.3, 0.4) is 0 Å². The number of benzene rings is 2. The van der Waals surface area contributed by atoms with Gasteiger partial charge in [0.15, 0.2) is 15.8 Å². The van der Waals surface area contributed by atoms with Crippen molar-refractivity contribution in [3.05, 3.63) is 45.8 Å². The number of methoxy groups -OCH3 is 4. The lowest BCUT2D eigenvalue weighted by Crippen LogP contribution is -2.27. The highest BCUT2D eigenvalue weighted by molar-refractivity contribution is 8.27. The van der Waals surface area contributed by atoms with E-state index in [0.29, 0.717) is 48.5 Å². The SMILES string of the molecule is COc1ccc(N2C(=O)/C(=C/c3ccc(OC)c(OC)c3OC)SC2=S)cc1Cl. The summed E-state index contributed by atoms with van der Waals surface area (Å²) in [7, 11) is 6.12. The van der Waals surface area contributed by atoms with E-state index < -0.39 is 0 Å². The third-order valence-corrected chi connectivity index (χ3v) is 5.81. The second-order valence-corrected chi connectivity index (χ2v) is 7.84. The van der Waals surface area contributed by atoms with Gasteiger partial charge in [-0.2, -0.15) is 0 Å². The van der Waals surface area contributed by atoms with Gasteiger partial charge in [-0.3, -0.25) is 9.69 Å². The molecule has 6 nitrogen and oxygen atoms in total. The van der Waals surface area contributed by atoms with Gasteiger partial charge in [-0.1, -0.05) is 35.6 Å². The quantitative estimate of drug-likeness (QED) is 0.462. The molecule has 1 amide bonds. The van der Waals surface area contributed by atoms with Gasteiger partial charge in [0.1, 0.15) is 5.75 Å². The van der Waals surface area contributed by atoms with E-state index in [1.165, 1.54) is 38.0 Å². The monoisotopic (exact) mass is 451 g/mol. The van der Waals surface area contributed by atoms with Gasteiger partial charge in [-0.05, 0) is 36.4 Å². The normalized spacial score (nSPS) is 15.1. The van der Waals surface area contributed by atoms with Crippen LogP contribution in [-0.2, 0) is 4.79 Å². The fraction of sp³-hybridized carbons (Fsp3) is 0.200. The number of amides is 1. The van der Waals surface area contributed by atoms with Gasteiger partial charge in [0, 0.05) is 5.56 Å². The predicted octanol–water partition coefficient (Wildman–Crippen LogP) is 4.78. The van der Waals surface area contributed by atoms with Crippen molar-refractivity contribution in [3.63, 3.8) is 0 Å². The number of hydrogen-bond acceptors (Lipinski definition) is 7. The molecular formula is C20H18ClNO5S2. The summed E-state index contributed by atoms with van der Waals surface area (Å²) in [5, 5.41) is 0.393. The van der Waals surface area contributed by atoms with Gasteiger partial charge < -0.3 is 18.9 Å². The molecule has 0 atom stereocenters. The summed E-state index contributed by atoms with van der Waals surface area (Å²) >= 11 is 12.8. The molecule has 0 N–H and O–H groups in total. The highest BCUT2D eigenvalue weighted by atomic mass is 35.5. The number of thioether (sulfide) groups is 1. The lowest BCUT2D eigenvalue weighted by atomic mass is 10.1. The third-order valence-electron chi connectivity index (χ3n) is 4.21. The number of carbonyl (C=O) groups is 1. The second-order valence-electron chi connectivity index (χ2n) is 5.76. The van der Waals surface area contributed by atoms with E-state index in [-0.39, 0.29) is 5.91 Å². The summed E-state index contributed by atoms with van der Waals surface area (Å²) in [4.78, 5) is 14.9. The topological polar surface area (TPSA) is 57.2 Å². The molecule has 2 aromatic carbocycles. The van der Waals surface area contributed by atoms with Crippen LogP contribution in [0.15, 0.2) is 35.2 Å². The van der Waals surface area contributed by atoms with Crippen molar-refractivity contribution in [2.45, 2.75) is 0 Å². The number of ether oxygens (including phenoxy) is 4.